The molecule has 0 aromatic carbocycles. The summed E-state index contributed by atoms with van der Waals surface area (Å²) in [6, 6.07) is -3.51. The van der Waals surface area contributed by atoms with Gasteiger partial charge in [-0.2, -0.15) is 0 Å². The molecular formula is C40H66N6O7. The van der Waals surface area contributed by atoms with Gasteiger partial charge in [0, 0.05) is 26.7 Å². The number of nitrogens with one attached hydrogen (secondary N) is 4. The summed E-state index contributed by atoms with van der Waals surface area (Å²) in [5, 5.41) is 11.6. The molecule has 1 heterocycles. The molecule has 13 nitrogen and oxygen atoms in total. The number of hydrogen-bond donors (Lipinski definition) is 4. The first-order valence-electron chi connectivity index (χ1n) is 20.0. The highest BCUT2D eigenvalue weighted by molar-refractivity contribution is 6.38. The molecule has 1 saturated heterocycles. The van der Waals surface area contributed by atoms with E-state index in [1.165, 1.54) is 11.0 Å². The first kappa shape index (κ1) is 42.1. The number of piperidine rings is 1. The molecular weight excluding hydrogens is 676 g/mol. The maximum Gasteiger partial charge on any atom is 0.410 e. The normalized spacial score (nSPS) is 24.4. The number of fused-ring (bicyclic) bond motifs is 1. The number of hydrogen-bond acceptors (Lipinski definition) is 7. The van der Waals surface area contributed by atoms with Crippen LogP contribution in [0.1, 0.15) is 119 Å². The Bertz CT molecular complexity index is 1350. The molecule has 3 aliphatic carbocycles. The van der Waals surface area contributed by atoms with Gasteiger partial charge >= 0.3 is 12.1 Å². The second-order valence-corrected chi connectivity index (χ2v) is 17.5. The standard InChI is InChI=1S/C40H66N6O7/c1-9-17-28(33(47)35(49)41-22-10-2)42-34(48)32-30-27(40(30,6)7)23-46(32)36(50)31(26-20-15-12-16-21-26)44-37(51)43-29(25-18-13-11-14-19-25)24-45(8)38(52)53-39(3,4)5/h10,25-32H,2,9,11-24H2,1,3-8H3,(H,41,49)(H,42,48)(H2,43,44,51)/t27-,28?,29+,30-,31-,32-/m0/s1. The van der Waals surface area contributed by atoms with Gasteiger partial charge in [0.15, 0.2) is 0 Å². The number of carbonyl (C=O) groups excluding carboxylic acids is 6. The van der Waals surface area contributed by atoms with Gasteiger partial charge in [-0.1, -0.05) is 71.8 Å². The van der Waals surface area contributed by atoms with Gasteiger partial charge in [-0.15, -0.1) is 6.58 Å². The molecule has 0 bridgehead atoms. The lowest BCUT2D eigenvalue weighted by atomic mass is 9.82. The minimum atomic E-state index is -1.02. The molecule has 0 spiro atoms. The smallest absolute Gasteiger partial charge is 0.410 e. The van der Waals surface area contributed by atoms with Gasteiger partial charge in [0.05, 0.1) is 12.1 Å². The topological polar surface area (TPSA) is 166 Å². The van der Waals surface area contributed by atoms with Crippen molar-refractivity contribution >= 4 is 35.6 Å². The third-order valence-corrected chi connectivity index (χ3v) is 12.0. The summed E-state index contributed by atoms with van der Waals surface area (Å²) in [6.45, 7) is 15.8. The Morgan fingerprint density at radius 2 is 1.53 bits per heavy atom. The number of urea groups is 1. The predicted molar refractivity (Wildman–Crippen MR) is 203 cm³/mol. The van der Waals surface area contributed by atoms with E-state index in [4.69, 9.17) is 4.74 Å². The summed E-state index contributed by atoms with van der Waals surface area (Å²) in [4.78, 5) is 84.6. The molecule has 1 aliphatic heterocycles. The van der Waals surface area contributed by atoms with Gasteiger partial charge in [0.2, 0.25) is 17.6 Å². The zero-order chi connectivity index (χ0) is 39.1. The van der Waals surface area contributed by atoms with E-state index < -0.39 is 53.4 Å². The summed E-state index contributed by atoms with van der Waals surface area (Å²) in [5.41, 5.74) is -0.834. The quantitative estimate of drug-likeness (QED) is 0.140. The van der Waals surface area contributed by atoms with Crippen LogP contribution >= 0.6 is 0 Å². The van der Waals surface area contributed by atoms with Crippen molar-refractivity contribution in [3.8, 4) is 0 Å². The highest BCUT2D eigenvalue weighted by atomic mass is 16.6. The summed E-state index contributed by atoms with van der Waals surface area (Å²) in [7, 11) is 1.68. The third kappa shape index (κ3) is 10.7. The number of ether oxygens (including phenoxy) is 1. The Morgan fingerprint density at radius 1 is 0.925 bits per heavy atom. The Morgan fingerprint density at radius 3 is 2.09 bits per heavy atom. The maximum atomic E-state index is 14.7. The van der Waals surface area contributed by atoms with Gasteiger partial charge in [0.1, 0.15) is 17.7 Å². The number of nitrogens with zero attached hydrogens (tertiary/aromatic N) is 2. The molecule has 4 N–H and O–H groups in total. The second-order valence-electron chi connectivity index (χ2n) is 17.5. The molecule has 53 heavy (non-hydrogen) atoms. The van der Waals surface area contributed by atoms with Crippen LogP contribution in [0.2, 0.25) is 0 Å². The first-order valence-corrected chi connectivity index (χ1v) is 20.0. The number of rotatable bonds is 15. The van der Waals surface area contributed by atoms with Crippen molar-refractivity contribution in [2.24, 2.45) is 29.1 Å². The van der Waals surface area contributed by atoms with Crippen LogP contribution in [-0.2, 0) is 23.9 Å². The molecule has 3 saturated carbocycles. The fourth-order valence-corrected chi connectivity index (χ4v) is 8.98. The van der Waals surface area contributed by atoms with Crippen molar-refractivity contribution in [3.63, 3.8) is 0 Å². The molecule has 4 aliphatic rings. The zero-order valence-electron chi connectivity index (χ0n) is 33.3. The second kappa shape index (κ2) is 18.1. The van der Waals surface area contributed by atoms with Crippen molar-refractivity contribution in [1.82, 2.24) is 31.1 Å². The Hall–Kier alpha value is -3.64. The zero-order valence-corrected chi connectivity index (χ0v) is 33.3. The molecule has 1 unspecified atom stereocenters. The molecule has 0 aromatic heterocycles. The largest absolute Gasteiger partial charge is 0.444 e. The molecule has 0 aromatic rings. The van der Waals surface area contributed by atoms with Crippen molar-refractivity contribution in [3.05, 3.63) is 12.7 Å². The number of Topliss-reactive ketones (excluding diaryl/α,β-unsaturated/α-hetero) is 1. The first-order chi connectivity index (χ1) is 25.0. The van der Waals surface area contributed by atoms with Crippen LogP contribution in [0, 0.1) is 29.1 Å². The lowest BCUT2D eigenvalue weighted by Crippen LogP contribution is -2.61. The number of ketones is 1. The third-order valence-electron chi connectivity index (χ3n) is 12.0. The van der Waals surface area contributed by atoms with E-state index in [1.54, 1.807) is 11.9 Å². The maximum absolute atomic E-state index is 14.7. The molecule has 13 heteroatoms. The van der Waals surface area contributed by atoms with Gasteiger partial charge in [-0.25, -0.2) is 9.59 Å². The molecule has 4 rings (SSSR count). The average molecular weight is 743 g/mol. The summed E-state index contributed by atoms with van der Waals surface area (Å²) < 4.78 is 5.59. The number of likely N-dealkylation sites (tertiary alicyclic amines) is 1. The van der Waals surface area contributed by atoms with E-state index >= 15 is 0 Å². The van der Waals surface area contributed by atoms with Crippen LogP contribution in [0.15, 0.2) is 12.7 Å². The molecule has 4 fully saturated rings. The monoisotopic (exact) mass is 742 g/mol. The summed E-state index contributed by atoms with van der Waals surface area (Å²) in [5.74, 6) is -2.21. The minimum absolute atomic E-state index is 0.0957. The fourth-order valence-electron chi connectivity index (χ4n) is 8.98. The van der Waals surface area contributed by atoms with Crippen molar-refractivity contribution in [2.75, 3.05) is 26.7 Å². The van der Waals surface area contributed by atoms with E-state index in [9.17, 15) is 28.8 Å². The molecule has 0 radical (unpaired) electrons. The minimum Gasteiger partial charge on any atom is -0.444 e. The van der Waals surface area contributed by atoms with Crippen molar-refractivity contribution in [1.29, 1.82) is 0 Å². The van der Waals surface area contributed by atoms with Crippen molar-refractivity contribution in [2.45, 2.75) is 148 Å². The lowest BCUT2D eigenvalue weighted by molar-refractivity contribution is -0.144. The molecule has 6 atom stereocenters. The highest BCUT2D eigenvalue weighted by Crippen LogP contribution is 2.65. The Balaban J connectivity index is 1.54. The number of likely N-dealkylation sites (N-methyl/N-ethyl adjacent to an activating group) is 1. The Labute approximate surface area is 316 Å². The van der Waals surface area contributed by atoms with Crippen LogP contribution in [0.5, 0.6) is 0 Å². The van der Waals surface area contributed by atoms with E-state index in [1.807, 2.05) is 27.7 Å². The van der Waals surface area contributed by atoms with Gasteiger partial charge in [0.25, 0.3) is 5.91 Å². The SMILES string of the molecule is C=CCNC(=O)C(=O)C(CCC)NC(=O)[C@@H]1[C@@H]2[C@H](CN1C(=O)[C@@H](NC(=O)N[C@H](CN(C)C(=O)OC(C)(C)C)C1CCCCC1)C1CCCCC1)C2(C)C. The highest BCUT2D eigenvalue weighted by Gasteiger charge is 2.69. The number of carbonyl (C=O) groups is 6. The van der Waals surface area contributed by atoms with E-state index in [0.29, 0.717) is 13.0 Å². The molecule has 298 valence electrons. The van der Waals surface area contributed by atoms with Crippen LogP contribution in [0.3, 0.4) is 0 Å². The summed E-state index contributed by atoms with van der Waals surface area (Å²) in [6.07, 6.45) is 11.4. The fraction of sp³-hybridized carbons (Fsp3) is 0.800. The summed E-state index contributed by atoms with van der Waals surface area (Å²) >= 11 is 0. The van der Waals surface area contributed by atoms with Crippen LogP contribution < -0.4 is 21.3 Å². The predicted octanol–water partition coefficient (Wildman–Crippen LogP) is 4.69. The van der Waals surface area contributed by atoms with Gasteiger partial charge in [-0.05, 0) is 82.0 Å². The van der Waals surface area contributed by atoms with Crippen molar-refractivity contribution < 1.29 is 33.5 Å². The molecule has 6 amide bonds. The average Bonchev–Trinajstić information content (AvgIpc) is 3.42. The van der Waals surface area contributed by atoms with E-state index in [2.05, 4.69) is 41.7 Å². The number of amides is 6. The van der Waals surface area contributed by atoms with Crippen LogP contribution in [0.4, 0.5) is 9.59 Å². The Kier molecular flexibility index (Phi) is 14.4. The van der Waals surface area contributed by atoms with Gasteiger partial charge < -0.3 is 35.8 Å². The van der Waals surface area contributed by atoms with E-state index in [0.717, 1.165) is 64.2 Å². The van der Waals surface area contributed by atoms with Crippen LogP contribution in [-0.4, -0.2) is 102 Å². The van der Waals surface area contributed by atoms with E-state index in [-0.39, 0.29) is 60.5 Å². The van der Waals surface area contributed by atoms with Gasteiger partial charge in [-0.3, -0.25) is 19.2 Å². The lowest BCUT2D eigenvalue weighted by Gasteiger charge is -2.38. The van der Waals surface area contributed by atoms with Crippen LogP contribution in [0.25, 0.3) is 0 Å².